The number of nitrogens with one attached hydrogen (secondary N) is 1. The summed E-state index contributed by atoms with van der Waals surface area (Å²) in [5.41, 5.74) is 1.91. The number of thioether (sulfide) groups is 1. The van der Waals surface area contributed by atoms with Crippen LogP contribution in [0, 0.1) is 0 Å². The van der Waals surface area contributed by atoms with Crippen molar-refractivity contribution in [1.82, 2.24) is 9.29 Å². The molecular formula is C18H19ClN2O3S3. The average molecular weight is 443 g/mol. The predicted octanol–water partition coefficient (Wildman–Crippen LogP) is 3.95. The molecule has 1 N–H and O–H groups in total. The summed E-state index contributed by atoms with van der Waals surface area (Å²) < 4.78 is 29.9. The van der Waals surface area contributed by atoms with E-state index >= 15 is 0 Å². The standard InChI is InChI=1S/C18H19ClN2O3S3/c1-2-21-16-8-7-15(11-17(16)26-18(21)22)27(23,24)20-9-10-25-12-13-3-5-14(19)6-4-13/h3-8,11,20H,2,9-10,12H2,1H3. The Balaban J connectivity index is 1.58. The molecule has 3 rings (SSSR count). The Kier molecular flexibility index (Phi) is 6.65. The Morgan fingerprint density at radius 3 is 2.63 bits per heavy atom. The van der Waals surface area contributed by atoms with E-state index in [9.17, 15) is 13.2 Å². The number of rotatable bonds is 8. The third-order valence-electron chi connectivity index (χ3n) is 3.99. The van der Waals surface area contributed by atoms with Gasteiger partial charge >= 0.3 is 4.87 Å². The molecule has 0 fully saturated rings. The van der Waals surface area contributed by atoms with Crippen LogP contribution in [0.4, 0.5) is 0 Å². The van der Waals surface area contributed by atoms with Gasteiger partial charge in [0.25, 0.3) is 0 Å². The molecule has 0 saturated heterocycles. The second-order valence-electron chi connectivity index (χ2n) is 5.82. The smallest absolute Gasteiger partial charge is 0.299 e. The zero-order valence-electron chi connectivity index (χ0n) is 14.6. The van der Waals surface area contributed by atoms with E-state index in [0.717, 1.165) is 28.2 Å². The maximum absolute atomic E-state index is 12.5. The summed E-state index contributed by atoms with van der Waals surface area (Å²) in [6.07, 6.45) is 0. The molecule has 9 heteroatoms. The number of fused-ring (bicyclic) bond motifs is 1. The van der Waals surface area contributed by atoms with Crippen LogP contribution in [0.2, 0.25) is 5.02 Å². The van der Waals surface area contributed by atoms with Gasteiger partial charge in [-0.05, 0) is 42.8 Å². The SMILES string of the molecule is CCn1c(=O)sc2cc(S(=O)(=O)NCCSCc3ccc(Cl)cc3)ccc21. The minimum atomic E-state index is -3.60. The molecular weight excluding hydrogens is 424 g/mol. The highest BCUT2D eigenvalue weighted by molar-refractivity contribution is 7.98. The van der Waals surface area contributed by atoms with Crippen LogP contribution < -0.4 is 9.60 Å². The number of halogens is 1. The Morgan fingerprint density at radius 2 is 1.93 bits per heavy atom. The lowest BCUT2D eigenvalue weighted by molar-refractivity contribution is 0.584. The van der Waals surface area contributed by atoms with Crippen molar-refractivity contribution in [1.29, 1.82) is 0 Å². The third kappa shape index (κ3) is 4.94. The molecule has 0 aliphatic carbocycles. The molecule has 27 heavy (non-hydrogen) atoms. The molecule has 5 nitrogen and oxygen atoms in total. The van der Waals surface area contributed by atoms with Gasteiger partial charge < -0.3 is 0 Å². The number of benzene rings is 2. The molecule has 0 aliphatic heterocycles. The van der Waals surface area contributed by atoms with E-state index in [4.69, 9.17) is 11.6 Å². The van der Waals surface area contributed by atoms with Crippen molar-refractivity contribution in [2.24, 2.45) is 0 Å². The number of hydrogen-bond acceptors (Lipinski definition) is 5. The van der Waals surface area contributed by atoms with Gasteiger partial charge in [0, 0.05) is 29.6 Å². The molecule has 0 aliphatic rings. The lowest BCUT2D eigenvalue weighted by Crippen LogP contribution is -2.26. The van der Waals surface area contributed by atoms with Crippen molar-refractivity contribution < 1.29 is 8.42 Å². The van der Waals surface area contributed by atoms with Crippen molar-refractivity contribution in [3.05, 3.63) is 62.7 Å². The van der Waals surface area contributed by atoms with Crippen LogP contribution in [0.15, 0.2) is 52.2 Å². The fourth-order valence-corrected chi connectivity index (χ4v) is 5.82. The van der Waals surface area contributed by atoms with Gasteiger partial charge in [0.15, 0.2) is 0 Å². The van der Waals surface area contributed by atoms with Gasteiger partial charge in [-0.1, -0.05) is 35.1 Å². The van der Waals surface area contributed by atoms with Crippen molar-refractivity contribution >= 4 is 54.9 Å². The van der Waals surface area contributed by atoms with Crippen LogP contribution in [0.25, 0.3) is 10.2 Å². The van der Waals surface area contributed by atoms with Gasteiger partial charge in [0.2, 0.25) is 10.0 Å². The van der Waals surface area contributed by atoms with Crippen LogP contribution in [0.5, 0.6) is 0 Å². The van der Waals surface area contributed by atoms with Crippen LogP contribution in [0.1, 0.15) is 12.5 Å². The molecule has 1 heterocycles. The molecule has 0 amide bonds. The summed E-state index contributed by atoms with van der Waals surface area (Å²) in [6, 6.07) is 12.4. The monoisotopic (exact) mass is 442 g/mol. The van der Waals surface area contributed by atoms with Crippen molar-refractivity contribution in [2.45, 2.75) is 24.1 Å². The largest absolute Gasteiger partial charge is 0.308 e. The maximum Gasteiger partial charge on any atom is 0.308 e. The quantitative estimate of drug-likeness (QED) is 0.536. The fraction of sp³-hybridized carbons (Fsp3) is 0.278. The topological polar surface area (TPSA) is 68.2 Å². The van der Waals surface area contributed by atoms with Gasteiger partial charge in [0.1, 0.15) is 0 Å². The summed E-state index contributed by atoms with van der Waals surface area (Å²) in [4.78, 5) is 12.0. The highest BCUT2D eigenvalue weighted by Gasteiger charge is 2.16. The molecule has 0 bridgehead atoms. The lowest BCUT2D eigenvalue weighted by Gasteiger charge is -2.07. The summed E-state index contributed by atoms with van der Waals surface area (Å²) in [5, 5.41) is 0.702. The molecule has 1 aromatic heterocycles. The van der Waals surface area contributed by atoms with Crippen molar-refractivity contribution in [3.8, 4) is 0 Å². The van der Waals surface area contributed by atoms with Gasteiger partial charge in [-0.2, -0.15) is 11.8 Å². The molecule has 0 spiro atoms. The first kappa shape index (κ1) is 20.4. The van der Waals surface area contributed by atoms with Crippen molar-refractivity contribution in [3.63, 3.8) is 0 Å². The lowest BCUT2D eigenvalue weighted by atomic mass is 10.2. The van der Waals surface area contributed by atoms with Crippen LogP contribution in [-0.4, -0.2) is 25.3 Å². The normalized spacial score (nSPS) is 11.9. The van der Waals surface area contributed by atoms with Gasteiger partial charge in [0.05, 0.1) is 15.1 Å². The number of hydrogen-bond donors (Lipinski definition) is 1. The Hall–Kier alpha value is -1.32. The molecule has 0 saturated carbocycles. The summed E-state index contributed by atoms with van der Waals surface area (Å²) in [6.45, 7) is 2.79. The first-order valence-electron chi connectivity index (χ1n) is 8.36. The fourth-order valence-electron chi connectivity index (χ4n) is 2.62. The van der Waals surface area contributed by atoms with E-state index in [1.807, 2.05) is 31.2 Å². The average Bonchev–Trinajstić information content (AvgIpc) is 2.97. The zero-order chi connectivity index (χ0) is 19.4. The minimum Gasteiger partial charge on any atom is -0.299 e. The molecule has 3 aromatic rings. The molecule has 144 valence electrons. The van der Waals surface area contributed by atoms with Crippen LogP contribution >= 0.6 is 34.7 Å². The van der Waals surface area contributed by atoms with Gasteiger partial charge in [-0.25, -0.2) is 13.1 Å². The summed E-state index contributed by atoms with van der Waals surface area (Å²) >= 11 is 8.57. The molecule has 0 atom stereocenters. The van der Waals surface area contributed by atoms with Gasteiger partial charge in [-0.15, -0.1) is 0 Å². The van der Waals surface area contributed by atoms with Crippen LogP contribution in [0.3, 0.4) is 0 Å². The zero-order valence-corrected chi connectivity index (χ0v) is 17.8. The summed E-state index contributed by atoms with van der Waals surface area (Å²) in [7, 11) is -3.60. The number of aryl methyl sites for hydroxylation is 1. The second kappa shape index (κ2) is 8.79. The minimum absolute atomic E-state index is 0.0754. The van der Waals surface area contributed by atoms with E-state index < -0.39 is 10.0 Å². The van der Waals surface area contributed by atoms with E-state index in [1.54, 1.807) is 34.5 Å². The Morgan fingerprint density at radius 1 is 1.19 bits per heavy atom. The Bertz CT molecular complexity index is 1090. The Labute approximate surface area is 171 Å². The van der Waals surface area contributed by atoms with Crippen LogP contribution in [-0.2, 0) is 22.3 Å². The predicted molar refractivity (Wildman–Crippen MR) is 115 cm³/mol. The molecule has 0 radical (unpaired) electrons. The van der Waals surface area contributed by atoms with E-state index in [0.29, 0.717) is 28.6 Å². The second-order valence-corrected chi connectivity index (χ2v) is 10.1. The van der Waals surface area contributed by atoms with E-state index in [2.05, 4.69) is 4.72 Å². The third-order valence-corrected chi connectivity index (χ3v) is 7.67. The number of thiazole rings is 1. The van der Waals surface area contributed by atoms with Gasteiger partial charge in [-0.3, -0.25) is 9.36 Å². The molecule has 0 unspecified atom stereocenters. The maximum atomic E-state index is 12.5. The number of nitrogens with zero attached hydrogens (tertiary/aromatic N) is 1. The van der Waals surface area contributed by atoms with E-state index in [1.165, 1.54) is 0 Å². The first-order valence-corrected chi connectivity index (χ1v) is 12.2. The summed E-state index contributed by atoms with van der Waals surface area (Å²) in [5.74, 6) is 1.45. The van der Waals surface area contributed by atoms with E-state index in [-0.39, 0.29) is 9.77 Å². The number of aromatic nitrogens is 1. The first-order chi connectivity index (χ1) is 12.9. The van der Waals surface area contributed by atoms with Crippen molar-refractivity contribution in [2.75, 3.05) is 12.3 Å². The molecule has 2 aromatic carbocycles. The number of sulfonamides is 1. The highest BCUT2D eigenvalue weighted by Crippen LogP contribution is 2.22. The highest BCUT2D eigenvalue weighted by atomic mass is 35.5.